The van der Waals surface area contributed by atoms with Crippen LogP contribution in [0.15, 0.2) is 4.52 Å². The monoisotopic (exact) mass is 266 g/mol. The van der Waals surface area contributed by atoms with Gasteiger partial charge in [-0.3, -0.25) is 4.79 Å². The van der Waals surface area contributed by atoms with Crippen LogP contribution in [-0.2, 0) is 15.1 Å². The van der Waals surface area contributed by atoms with Crippen LogP contribution >= 0.6 is 0 Å². The quantitative estimate of drug-likeness (QED) is 0.819. The predicted octanol–water partition coefficient (Wildman–Crippen LogP) is 2.96. The molecular weight excluding hydrogens is 244 g/mol. The van der Waals surface area contributed by atoms with Gasteiger partial charge in [0.15, 0.2) is 0 Å². The summed E-state index contributed by atoms with van der Waals surface area (Å²) in [6.07, 6.45) is 3.68. The molecule has 1 saturated carbocycles. The Morgan fingerprint density at radius 1 is 1.37 bits per heavy atom. The average molecular weight is 266 g/mol. The zero-order chi connectivity index (χ0) is 13.9. The molecule has 0 saturated heterocycles. The first kappa shape index (κ1) is 14.2. The third-order valence-corrected chi connectivity index (χ3v) is 3.94. The van der Waals surface area contributed by atoms with E-state index in [-0.39, 0.29) is 5.92 Å². The molecular formula is C14H22N2O3. The highest BCUT2D eigenvalue weighted by atomic mass is 16.5. The molecule has 1 aliphatic carbocycles. The molecule has 0 spiro atoms. The van der Waals surface area contributed by atoms with E-state index in [0.717, 1.165) is 19.3 Å². The number of hydrogen-bond donors (Lipinski definition) is 0. The molecule has 5 nitrogen and oxygen atoms in total. The second kappa shape index (κ2) is 5.82. The van der Waals surface area contributed by atoms with Crippen LogP contribution in [0.4, 0.5) is 0 Å². The minimum atomic E-state index is -0.485. The van der Waals surface area contributed by atoms with Crippen LogP contribution in [0.1, 0.15) is 70.5 Å². The summed E-state index contributed by atoms with van der Waals surface area (Å²) in [7, 11) is 0. The summed E-state index contributed by atoms with van der Waals surface area (Å²) in [6.45, 7) is 6.61. The topological polar surface area (TPSA) is 65.2 Å². The Bertz CT molecular complexity index is 434. The number of rotatable bonds is 5. The Labute approximate surface area is 113 Å². The van der Waals surface area contributed by atoms with Crippen molar-refractivity contribution in [1.82, 2.24) is 10.1 Å². The molecule has 0 radical (unpaired) electrons. The highest BCUT2D eigenvalue weighted by Gasteiger charge is 2.33. The fraction of sp³-hybridized carbons (Fsp3) is 0.786. The fourth-order valence-corrected chi connectivity index (χ4v) is 2.45. The number of ketones is 1. The van der Waals surface area contributed by atoms with E-state index in [1.54, 1.807) is 0 Å². The van der Waals surface area contributed by atoms with Gasteiger partial charge in [0.25, 0.3) is 0 Å². The van der Waals surface area contributed by atoms with E-state index < -0.39 is 5.60 Å². The lowest BCUT2D eigenvalue weighted by molar-refractivity contribution is -0.120. The van der Waals surface area contributed by atoms with Gasteiger partial charge in [-0.2, -0.15) is 4.98 Å². The van der Waals surface area contributed by atoms with E-state index in [1.165, 1.54) is 0 Å². The molecule has 0 aliphatic heterocycles. The van der Waals surface area contributed by atoms with Crippen molar-refractivity contribution in [1.29, 1.82) is 0 Å². The Morgan fingerprint density at radius 3 is 2.63 bits per heavy atom. The van der Waals surface area contributed by atoms with Crippen molar-refractivity contribution in [3.05, 3.63) is 11.7 Å². The van der Waals surface area contributed by atoms with E-state index in [4.69, 9.17) is 9.26 Å². The van der Waals surface area contributed by atoms with Gasteiger partial charge in [0.05, 0.1) is 0 Å². The van der Waals surface area contributed by atoms with E-state index >= 15 is 0 Å². The maximum Gasteiger partial charge on any atom is 0.229 e. The number of Topliss-reactive ketones (excluding diaryl/α,β-unsaturated/α-hetero) is 1. The molecule has 0 amide bonds. The van der Waals surface area contributed by atoms with E-state index in [1.807, 2.05) is 20.8 Å². The lowest BCUT2D eigenvalue weighted by atomic mass is 9.88. The molecule has 0 aromatic carbocycles. The van der Waals surface area contributed by atoms with Crippen LogP contribution in [0.5, 0.6) is 0 Å². The third kappa shape index (κ3) is 3.03. The van der Waals surface area contributed by atoms with Gasteiger partial charge >= 0.3 is 0 Å². The lowest BCUT2D eigenvalue weighted by Gasteiger charge is -2.24. The first-order valence-electron chi connectivity index (χ1n) is 7.08. The van der Waals surface area contributed by atoms with Gasteiger partial charge in [-0.15, -0.1) is 0 Å². The molecule has 2 rings (SSSR count). The number of ether oxygens (including phenoxy) is 1. The number of hydrogen-bond acceptors (Lipinski definition) is 5. The maximum atomic E-state index is 11.2. The standard InChI is InChI=1S/C14H22N2O3/c1-4-14(3,18-5-2)13-15-12(19-16-13)10-6-8-11(17)9-7-10/h10H,4-9H2,1-3H3. The van der Waals surface area contributed by atoms with Gasteiger partial charge in [0, 0.05) is 25.4 Å². The van der Waals surface area contributed by atoms with Crippen molar-refractivity contribution in [2.24, 2.45) is 0 Å². The van der Waals surface area contributed by atoms with Gasteiger partial charge in [-0.1, -0.05) is 12.1 Å². The summed E-state index contributed by atoms with van der Waals surface area (Å²) in [6, 6.07) is 0. The van der Waals surface area contributed by atoms with Crippen LogP contribution in [0.3, 0.4) is 0 Å². The summed E-state index contributed by atoms with van der Waals surface area (Å²) >= 11 is 0. The normalized spacial score (nSPS) is 20.5. The molecule has 1 aliphatic rings. The first-order chi connectivity index (χ1) is 9.09. The van der Waals surface area contributed by atoms with Gasteiger partial charge < -0.3 is 9.26 Å². The highest BCUT2D eigenvalue weighted by Crippen LogP contribution is 2.32. The predicted molar refractivity (Wildman–Crippen MR) is 69.8 cm³/mol. The number of nitrogens with zero attached hydrogens (tertiary/aromatic N) is 2. The van der Waals surface area contributed by atoms with Gasteiger partial charge in [0.1, 0.15) is 11.4 Å². The lowest BCUT2D eigenvalue weighted by Crippen LogP contribution is -2.26. The Balaban J connectivity index is 2.12. The van der Waals surface area contributed by atoms with Crippen molar-refractivity contribution in [3.8, 4) is 0 Å². The SMILES string of the molecule is CCOC(C)(CC)c1noc(C2CCC(=O)CC2)n1. The zero-order valence-corrected chi connectivity index (χ0v) is 11.9. The second-order valence-electron chi connectivity index (χ2n) is 5.29. The number of aromatic nitrogens is 2. The second-order valence-corrected chi connectivity index (χ2v) is 5.29. The molecule has 19 heavy (non-hydrogen) atoms. The van der Waals surface area contributed by atoms with Crippen LogP contribution in [0.2, 0.25) is 0 Å². The summed E-state index contributed by atoms with van der Waals surface area (Å²) in [5.74, 6) is 1.83. The minimum absolute atomic E-state index is 0.224. The summed E-state index contributed by atoms with van der Waals surface area (Å²) in [5.41, 5.74) is -0.485. The molecule has 106 valence electrons. The van der Waals surface area contributed by atoms with Gasteiger partial charge in [0.2, 0.25) is 11.7 Å². The van der Waals surface area contributed by atoms with E-state index in [0.29, 0.717) is 36.9 Å². The van der Waals surface area contributed by atoms with E-state index in [2.05, 4.69) is 10.1 Å². The summed E-state index contributed by atoms with van der Waals surface area (Å²) < 4.78 is 11.1. The van der Waals surface area contributed by atoms with Crippen molar-refractivity contribution in [2.75, 3.05) is 6.61 Å². The molecule has 1 heterocycles. The van der Waals surface area contributed by atoms with Crippen LogP contribution in [0, 0.1) is 0 Å². The molecule has 1 atom stereocenters. The first-order valence-corrected chi connectivity index (χ1v) is 7.08. The number of carbonyl (C=O) groups excluding carboxylic acids is 1. The molecule has 0 N–H and O–H groups in total. The Kier molecular flexibility index (Phi) is 4.34. The molecule has 1 aromatic rings. The minimum Gasteiger partial charge on any atom is -0.367 e. The van der Waals surface area contributed by atoms with Gasteiger partial charge in [-0.25, -0.2) is 0 Å². The average Bonchev–Trinajstić information content (AvgIpc) is 2.90. The molecule has 5 heteroatoms. The fourth-order valence-electron chi connectivity index (χ4n) is 2.45. The van der Waals surface area contributed by atoms with Crippen molar-refractivity contribution in [2.45, 2.75) is 64.4 Å². The molecule has 1 fully saturated rings. The molecule has 1 aromatic heterocycles. The largest absolute Gasteiger partial charge is 0.367 e. The molecule has 1 unspecified atom stereocenters. The highest BCUT2D eigenvalue weighted by molar-refractivity contribution is 5.79. The van der Waals surface area contributed by atoms with Gasteiger partial charge in [-0.05, 0) is 33.1 Å². The number of carbonyl (C=O) groups is 1. The van der Waals surface area contributed by atoms with Crippen LogP contribution in [0.25, 0.3) is 0 Å². The van der Waals surface area contributed by atoms with E-state index in [9.17, 15) is 4.79 Å². The van der Waals surface area contributed by atoms with Crippen molar-refractivity contribution in [3.63, 3.8) is 0 Å². The maximum absolute atomic E-state index is 11.2. The molecule has 0 bridgehead atoms. The van der Waals surface area contributed by atoms with Crippen LogP contribution in [-0.4, -0.2) is 22.5 Å². The zero-order valence-electron chi connectivity index (χ0n) is 11.9. The Morgan fingerprint density at radius 2 is 2.05 bits per heavy atom. The third-order valence-electron chi connectivity index (χ3n) is 3.94. The summed E-state index contributed by atoms with van der Waals surface area (Å²) in [4.78, 5) is 15.8. The van der Waals surface area contributed by atoms with Crippen LogP contribution < -0.4 is 0 Å². The summed E-state index contributed by atoms with van der Waals surface area (Å²) in [5, 5.41) is 4.08. The van der Waals surface area contributed by atoms with Crippen molar-refractivity contribution >= 4 is 5.78 Å². The smallest absolute Gasteiger partial charge is 0.229 e. The van der Waals surface area contributed by atoms with Crippen molar-refractivity contribution < 1.29 is 14.1 Å². The Hall–Kier alpha value is -1.23.